The van der Waals surface area contributed by atoms with Crippen molar-refractivity contribution in [2.24, 2.45) is 0 Å². The molecular weight excluding hydrogens is 520 g/mol. The first-order valence-corrected chi connectivity index (χ1v) is 12.7. The van der Waals surface area contributed by atoms with Crippen LogP contribution in [0.3, 0.4) is 0 Å². The Morgan fingerprint density at radius 2 is 1.61 bits per heavy atom. The molecule has 1 aromatic carbocycles. The largest absolute Gasteiger partial charge is 0.444 e. The Morgan fingerprint density at radius 3 is 2.08 bits per heavy atom. The molecule has 1 saturated heterocycles. The van der Waals surface area contributed by atoms with E-state index in [2.05, 4.69) is 10.2 Å². The van der Waals surface area contributed by atoms with Crippen molar-refractivity contribution in [3.05, 3.63) is 41.6 Å². The van der Waals surface area contributed by atoms with E-state index < -0.39 is 58.4 Å². The zero-order chi connectivity index (χ0) is 28.6. The topological polar surface area (TPSA) is 196 Å². The summed E-state index contributed by atoms with van der Waals surface area (Å²) < 4.78 is 11.2. The van der Waals surface area contributed by atoms with Crippen LogP contribution in [0.4, 0.5) is 0 Å². The molecule has 0 bridgehead atoms. The number of aliphatic hydroxyl groups excluding tert-OH is 1. The Morgan fingerprint density at radius 1 is 1.03 bits per heavy atom. The van der Waals surface area contributed by atoms with Crippen LogP contribution in [-0.2, 0) is 30.3 Å². The molecule has 0 saturated carbocycles. The minimum absolute atomic E-state index is 0.140. The number of aromatic nitrogens is 2. The Hall–Kier alpha value is -2.94. The summed E-state index contributed by atoms with van der Waals surface area (Å²) >= 11 is 1.56. The van der Waals surface area contributed by atoms with Crippen LogP contribution >= 0.6 is 11.8 Å². The second-order valence-electron chi connectivity index (χ2n) is 9.22. The number of rotatable bonds is 10. The molecule has 1 aromatic heterocycles. The molecule has 5 N–H and O–H groups in total. The van der Waals surface area contributed by atoms with Crippen LogP contribution in [0.5, 0.6) is 5.88 Å². The van der Waals surface area contributed by atoms with Gasteiger partial charge in [-0.3, -0.25) is 19.2 Å². The fraction of sp³-hybridized carbons (Fsp3) is 0.480. The molecule has 0 amide bonds. The first-order valence-electron chi connectivity index (χ1n) is 11.5. The van der Waals surface area contributed by atoms with Gasteiger partial charge < -0.3 is 29.9 Å². The van der Waals surface area contributed by atoms with Crippen molar-refractivity contribution < 1.29 is 49.1 Å². The van der Waals surface area contributed by atoms with E-state index in [0.29, 0.717) is 5.56 Å². The van der Waals surface area contributed by atoms with Crippen LogP contribution in [-0.4, -0.2) is 95.3 Å². The van der Waals surface area contributed by atoms with Crippen LogP contribution in [0, 0.1) is 0 Å². The molecule has 1 unspecified atom stereocenters. The normalized spacial score (nSPS) is 29.9. The Kier molecular flexibility index (Phi) is 8.32. The number of nitrogens with zero attached hydrogens (tertiary/aromatic N) is 1. The summed E-state index contributed by atoms with van der Waals surface area (Å²) in [6, 6.07) is 7.55. The molecule has 13 heteroatoms. The fourth-order valence-electron chi connectivity index (χ4n) is 4.64. The average Bonchev–Trinajstić information content (AvgIpc) is 3.30. The first kappa shape index (κ1) is 29.6. The van der Waals surface area contributed by atoms with E-state index in [9.17, 15) is 39.6 Å². The van der Waals surface area contributed by atoms with Gasteiger partial charge >= 0.3 is 0 Å². The van der Waals surface area contributed by atoms with Crippen LogP contribution in [0.15, 0.2) is 35.4 Å². The van der Waals surface area contributed by atoms with Gasteiger partial charge in [-0.2, -0.15) is 5.10 Å². The second kappa shape index (κ2) is 10.7. The fourth-order valence-corrected chi connectivity index (χ4v) is 5.04. The van der Waals surface area contributed by atoms with E-state index in [4.69, 9.17) is 9.47 Å². The number of hydrogen-bond donors (Lipinski definition) is 5. The van der Waals surface area contributed by atoms with E-state index in [1.165, 1.54) is 6.20 Å². The van der Waals surface area contributed by atoms with Gasteiger partial charge in [0.15, 0.2) is 28.7 Å². The Balaban J connectivity index is 2.13. The molecule has 12 nitrogen and oxygen atoms in total. The van der Waals surface area contributed by atoms with E-state index in [1.807, 2.05) is 30.5 Å². The Labute approximate surface area is 222 Å². The minimum Gasteiger partial charge on any atom is -0.444 e. The van der Waals surface area contributed by atoms with Gasteiger partial charge in [0.1, 0.15) is 12.2 Å². The van der Waals surface area contributed by atoms with Crippen LogP contribution in [0.1, 0.15) is 38.8 Å². The number of aliphatic hydroxyl groups is 4. The lowest BCUT2D eigenvalue weighted by Gasteiger charge is -2.57. The van der Waals surface area contributed by atoms with E-state index in [-0.39, 0.29) is 12.3 Å². The van der Waals surface area contributed by atoms with E-state index >= 15 is 0 Å². The monoisotopic (exact) mass is 550 g/mol. The van der Waals surface area contributed by atoms with Crippen molar-refractivity contribution in [1.29, 1.82) is 0 Å². The molecule has 1 aliphatic heterocycles. The summed E-state index contributed by atoms with van der Waals surface area (Å²) in [4.78, 5) is 51.4. The predicted octanol–water partition coefficient (Wildman–Crippen LogP) is -0.264. The zero-order valence-corrected chi connectivity index (χ0v) is 22.2. The summed E-state index contributed by atoms with van der Waals surface area (Å²) in [6.45, 7) is 3.17. The standard InChI is InChI=1S/C25H30N2O10S/c1-12(28)19(32)20-23(33,13(2)29)25(35,15(4)31)24(34,14(3)30)22(36-20)37-21-17(11-26-27-21)10-16-6-8-18(38-5)9-7-16/h6-9,11,19-20,22,32-35H,10H2,1-5H3,(H,26,27)/t19?,20-,22+,23-,24+,25+/m1/s1. The smallest absolute Gasteiger partial charge is 0.242 e. The lowest BCUT2D eigenvalue weighted by Crippen LogP contribution is -2.87. The van der Waals surface area contributed by atoms with Gasteiger partial charge in [-0.15, -0.1) is 11.8 Å². The third kappa shape index (κ3) is 4.48. The van der Waals surface area contributed by atoms with Gasteiger partial charge in [-0.25, -0.2) is 5.10 Å². The van der Waals surface area contributed by atoms with Gasteiger partial charge in [0.2, 0.25) is 23.4 Å². The van der Waals surface area contributed by atoms with Gasteiger partial charge in [-0.05, 0) is 51.6 Å². The molecule has 6 atom stereocenters. The second-order valence-corrected chi connectivity index (χ2v) is 10.1. The summed E-state index contributed by atoms with van der Waals surface area (Å²) in [5.41, 5.74) is -9.11. The van der Waals surface area contributed by atoms with Gasteiger partial charge in [0.05, 0.1) is 6.20 Å². The molecule has 2 heterocycles. The number of H-pyrrole nitrogens is 1. The van der Waals surface area contributed by atoms with Crippen LogP contribution in [0.25, 0.3) is 0 Å². The molecule has 206 valence electrons. The number of nitrogens with one attached hydrogen (secondary N) is 1. The average molecular weight is 551 g/mol. The molecular formula is C25H30N2O10S. The molecule has 38 heavy (non-hydrogen) atoms. The van der Waals surface area contributed by atoms with Crippen LogP contribution < -0.4 is 4.74 Å². The third-order valence-electron chi connectivity index (χ3n) is 6.87. The maximum absolute atomic E-state index is 12.8. The summed E-state index contributed by atoms with van der Waals surface area (Å²) in [6.07, 6.45) is -3.25. The molecule has 0 radical (unpaired) electrons. The van der Waals surface area contributed by atoms with Gasteiger partial charge in [-0.1, -0.05) is 12.1 Å². The molecule has 2 aromatic rings. The number of hydrogen-bond acceptors (Lipinski definition) is 12. The number of aromatic amines is 1. The number of Topliss-reactive ketones (excluding diaryl/α,β-unsaturated/α-hetero) is 4. The number of thioether (sulfide) groups is 1. The number of carbonyl (C=O) groups excluding carboxylic acids is 4. The highest BCUT2D eigenvalue weighted by atomic mass is 32.2. The van der Waals surface area contributed by atoms with Crippen molar-refractivity contribution in [3.63, 3.8) is 0 Å². The van der Waals surface area contributed by atoms with Gasteiger partial charge in [0.25, 0.3) is 0 Å². The molecule has 0 aliphatic carbocycles. The molecule has 1 fully saturated rings. The predicted molar refractivity (Wildman–Crippen MR) is 132 cm³/mol. The van der Waals surface area contributed by atoms with Crippen molar-refractivity contribution in [2.45, 2.75) is 74.3 Å². The maximum atomic E-state index is 12.8. The first-order chi connectivity index (χ1) is 17.7. The molecule has 1 aliphatic rings. The summed E-state index contributed by atoms with van der Waals surface area (Å²) in [5, 5.41) is 51.5. The lowest BCUT2D eigenvalue weighted by atomic mass is 9.60. The SMILES string of the molecule is CSc1ccc(Cc2cn[nH]c2O[C@@H]2O[C@H](C(O)C(C)=O)[C@](O)(C(C)=O)[C@@](O)(C(C)=O)[C@]2(O)C(C)=O)cc1. The van der Waals surface area contributed by atoms with Crippen molar-refractivity contribution in [2.75, 3.05) is 6.26 Å². The van der Waals surface area contributed by atoms with E-state index in [1.54, 1.807) is 11.8 Å². The number of benzene rings is 1. The van der Waals surface area contributed by atoms with Crippen molar-refractivity contribution in [1.82, 2.24) is 10.2 Å². The zero-order valence-electron chi connectivity index (χ0n) is 21.4. The lowest BCUT2D eigenvalue weighted by molar-refractivity contribution is -0.358. The van der Waals surface area contributed by atoms with Crippen molar-refractivity contribution in [3.8, 4) is 5.88 Å². The van der Waals surface area contributed by atoms with Gasteiger partial charge in [0, 0.05) is 16.9 Å². The minimum atomic E-state index is -3.59. The number of carbonyl (C=O) groups is 4. The summed E-state index contributed by atoms with van der Waals surface area (Å²) in [5.74, 6) is -5.20. The van der Waals surface area contributed by atoms with Crippen molar-refractivity contribution >= 4 is 34.9 Å². The Bertz CT molecular complexity index is 1250. The number of ether oxygens (including phenoxy) is 2. The van der Waals surface area contributed by atoms with E-state index in [0.717, 1.165) is 38.2 Å². The molecule has 3 rings (SSSR count). The highest BCUT2D eigenvalue weighted by molar-refractivity contribution is 7.98. The highest BCUT2D eigenvalue weighted by Gasteiger charge is 2.80. The highest BCUT2D eigenvalue weighted by Crippen LogP contribution is 2.48. The summed E-state index contributed by atoms with van der Waals surface area (Å²) in [7, 11) is 0. The molecule has 0 spiro atoms. The number of ketones is 4. The maximum Gasteiger partial charge on any atom is 0.242 e. The van der Waals surface area contributed by atoms with Crippen LogP contribution in [0.2, 0.25) is 0 Å². The quantitative estimate of drug-likeness (QED) is 0.243. The third-order valence-corrected chi connectivity index (χ3v) is 7.61.